The zero-order valence-electron chi connectivity index (χ0n) is 10.0. The molecule has 0 saturated heterocycles. The minimum absolute atomic E-state index is 0. The summed E-state index contributed by atoms with van der Waals surface area (Å²) in [6.07, 6.45) is 2.45. The lowest BCUT2D eigenvalue weighted by molar-refractivity contribution is -0.121. The van der Waals surface area contributed by atoms with Gasteiger partial charge in [-0.3, -0.25) is 4.79 Å². The highest BCUT2D eigenvalue weighted by molar-refractivity contribution is 5.78. The van der Waals surface area contributed by atoms with Crippen molar-refractivity contribution < 1.29 is 4.79 Å². The number of rotatable bonds is 3. The second-order valence-electron chi connectivity index (χ2n) is 6.34. The van der Waals surface area contributed by atoms with Gasteiger partial charge in [-0.2, -0.15) is 0 Å². The summed E-state index contributed by atoms with van der Waals surface area (Å²) in [6, 6.07) is 0. The van der Waals surface area contributed by atoms with Gasteiger partial charge in [0, 0.05) is 12.8 Å². The molecular formula is C14H32O. The van der Waals surface area contributed by atoms with Gasteiger partial charge in [0.2, 0.25) is 0 Å². The molecule has 0 fully saturated rings. The van der Waals surface area contributed by atoms with Crippen LogP contribution in [0.1, 0.15) is 75.7 Å². The van der Waals surface area contributed by atoms with Crippen LogP contribution in [0.3, 0.4) is 0 Å². The van der Waals surface area contributed by atoms with Crippen LogP contribution in [-0.4, -0.2) is 5.78 Å². The van der Waals surface area contributed by atoms with Gasteiger partial charge < -0.3 is 0 Å². The van der Waals surface area contributed by atoms with E-state index < -0.39 is 0 Å². The van der Waals surface area contributed by atoms with E-state index in [0.29, 0.717) is 12.2 Å². The first-order chi connectivity index (χ1) is 5.60. The second kappa shape index (κ2) is 7.03. The number of hydrogen-bond acceptors (Lipinski definition) is 1. The molecule has 15 heavy (non-hydrogen) atoms. The average molecular weight is 216 g/mol. The molecule has 0 aliphatic heterocycles. The molecular weight excluding hydrogens is 184 g/mol. The van der Waals surface area contributed by atoms with Gasteiger partial charge in [0.25, 0.3) is 0 Å². The molecule has 0 spiro atoms. The Morgan fingerprint density at radius 1 is 0.867 bits per heavy atom. The molecule has 0 saturated carbocycles. The van der Waals surface area contributed by atoms with Crippen LogP contribution in [0.4, 0.5) is 0 Å². The lowest BCUT2D eigenvalue weighted by atomic mass is 9.85. The maximum absolute atomic E-state index is 11.5. The van der Waals surface area contributed by atoms with E-state index in [2.05, 4.69) is 41.5 Å². The Hall–Kier alpha value is -0.330. The average Bonchev–Trinajstić information content (AvgIpc) is 1.78. The molecule has 0 aromatic heterocycles. The molecule has 0 atom stereocenters. The molecule has 0 aliphatic carbocycles. The van der Waals surface area contributed by atoms with Gasteiger partial charge in [0.15, 0.2) is 0 Å². The Labute approximate surface area is 97.7 Å². The molecule has 0 unspecified atom stereocenters. The van der Waals surface area contributed by atoms with Crippen LogP contribution >= 0.6 is 0 Å². The molecule has 0 amide bonds. The predicted molar refractivity (Wildman–Crippen MR) is 71.2 cm³/mol. The van der Waals surface area contributed by atoms with Crippen molar-refractivity contribution in [2.75, 3.05) is 0 Å². The summed E-state index contributed by atoms with van der Waals surface area (Å²) in [6.45, 7) is 12.9. The fourth-order valence-electron chi connectivity index (χ4n) is 1.19. The zero-order valence-corrected chi connectivity index (χ0v) is 10.0. The highest BCUT2D eigenvalue weighted by Gasteiger charge is 2.18. The smallest absolute Gasteiger partial charge is 0.133 e. The first-order valence-electron chi connectivity index (χ1n) is 5.12. The molecule has 0 radical (unpaired) electrons. The Balaban J connectivity index is -0.000000720. The van der Waals surface area contributed by atoms with Gasteiger partial charge in [-0.15, -0.1) is 0 Å². The van der Waals surface area contributed by atoms with E-state index >= 15 is 0 Å². The van der Waals surface area contributed by atoms with E-state index in [1.54, 1.807) is 0 Å². The van der Waals surface area contributed by atoms with Crippen molar-refractivity contribution >= 4 is 5.78 Å². The van der Waals surface area contributed by atoms with Crippen molar-refractivity contribution in [1.82, 2.24) is 0 Å². The molecule has 0 aromatic carbocycles. The van der Waals surface area contributed by atoms with Crippen molar-refractivity contribution in [2.24, 2.45) is 10.8 Å². The van der Waals surface area contributed by atoms with Gasteiger partial charge in [0.05, 0.1) is 0 Å². The normalized spacial score (nSPS) is 11.3. The topological polar surface area (TPSA) is 17.1 Å². The fourth-order valence-corrected chi connectivity index (χ4v) is 1.19. The summed E-state index contributed by atoms with van der Waals surface area (Å²) < 4.78 is 0. The van der Waals surface area contributed by atoms with Crippen LogP contribution in [0.2, 0.25) is 0 Å². The zero-order chi connectivity index (χ0) is 10.7. The van der Waals surface area contributed by atoms with Gasteiger partial charge in [0.1, 0.15) is 5.78 Å². The van der Waals surface area contributed by atoms with Crippen molar-refractivity contribution in [3.05, 3.63) is 0 Å². The van der Waals surface area contributed by atoms with E-state index in [4.69, 9.17) is 0 Å². The molecule has 0 heterocycles. The van der Waals surface area contributed by atoms with E-state index in [0.717, 1.165) is 12.8 Å². The lowest BCUT2D eigenvalue weighted by Crippen LogP contribution is -2.15. The molecule has 1 nitrogen and oxygen atoms in total. The van der Waals surface area contributed by atoms with E-state index in [1.165, 1.54) is 0 Å². The maximum atomic E-state index is 11.5. The van der Waals surface area contributed by atoms with Gasteiger partial charge >= 0.3 is 0 Å². The molecule has 0 N–H and O–H groups in total. The van der Waals surface area contributed by atoms with Crippen LogP contribution in [0.15, 0.2) is 0 Å². The minimum atomic E-state index is 0. The minimum Gasteiger partial charge on any atom is -0.300 e. The number of ketones is 1. The van der Waals surface area contributed by atoms with Gasteiger partial charge in [-0.05, 0) is 17.3 Å². The Morgan fingerprint density at radius 2 is 1.27 bits per heavy atom. The van der Waals surface area contributed by atoms with Crippen molar-refractivity contribution in [3.8, 4) is 0 Å². The number of Topliss-reactive ketones (excluding diaryl/α,β-unsaturated/α-hetero) is 1. The Morgan fingerprint density at radius 3 is 1.53 bits per heavy atom. The van der Waals surface area contributed by atoms with E-state index in [1.807, 2.05) is 0 Å². The molecule has 0 bridgehead atoms. The van der Waals surface area contributed by atoms with Crippen LogP contribution in [0.5, 0.6) is 0 Å². The number of carbonyl (C=O) groups is 1. The van der Waals surface area contributed by atoms with Crippen LogP contribution < -0.4 is 0 Å². The summed E-state index contributed by atoms with van der Waals surface area (Å²) in [4.78, 5) is 11.5. The predicted octanol–water partition coefficient (Wildman–Crippen LogP) is 5.09. The third-order valence-electron chi connectivity index (χ3n) is 1.88. The van der Waals surface area contributed by atoms with Crippen LogP contribution in [0, 0.1) is 10.8 Å². The summed E-state index contributed by atoms with van der Waals surface area (Å²) in [5.74, 6) is 0.405. The standard InChI is InChI=1S/C12H24O.2CH4/c1-11(2,3)8-7-10(13)9-12(4,5)6;;/h7-9H2,1-6H3;2*1H4. The molecule has 0 aromatic rings. The summed E-state index contributed by atoms with van der Waals surface area (Å²) >= 11 is 0. The highest BCUT2D eigenvalue weighted by atomic mass is 16.1. The quantitative estimate of drug-likeness (QED) is 0.642. The van der Waals surface area contributed by atoms with Crippen LogP contribution in [-0.2, 0) is 4.79 Å². The molecule has 0 aliphatic rings. The van der Waals surface area contributed by atoms with Crippen molar-refractivity contribution in [1.29, 1.82) is 0 Å². The van der Waals surface area contributed by atoms with E-state index in [-0.39, 0.29) is 25.7 Å². The van der Waals surface area contributed by atoms with Crippen LogP contribution in [0.25, 0.3) is 0 Å². The molecule has 0 rings (SSSR count). The van der Waals surface area contributed by atoms with Gasteiger partial charge in [-0.25, -0.2) is 0 Å². The fraction of sp³-hybridized carbons (Fsp3) is 0.929. The Kier molecular flexibility index (Phi) is 9.43. The third kappa shape index (κ3) is 16.4. The number of carbonyl (C=O) groups excluding carboxylic acids is 1. The van der Waals surface area contributed by atoms with Gasteiger partial charge in [-0.1, -0.05) is 56.4 Å². The maximum Gasteiger partial charge on any atom is 0.133 e. The molecule has 94 valence electrons. The summed E-state index contributed by atoms with van der Waals surface area (Å²) in [5, 5.41) is 0. The molecule has 1 heteroatoms. The third-order valence-corrected chi connectivity index (χ3v) is 1.88. The Bertz CT molecular complexity index is 167. The number of hydrogen-bond donors (Lipinski definition) is 0. The van der Waals surface area contributed by atoms with Crippen molar-refractivity contribution in [3.63, 3.8) is 0 Å². The largest absolute Gasteiger partial charge is 0.300 e. The monoisotopic (exact) mass is 216 g/mol. The first kappa shape index (κ1) is 20.1. The first-order valence-corrected chi connectivity index (χ1v) is 5.12. The summed E-state index contributed by atoms with van der Waals surface area (Å²) in [7, 11) is 0. The van der Waals surface area contributed by atoms with E-state index in [9.17, 15) is 4.79 Å². The highest BCUT2D eigenvalue weighted by Crippen LogP contribution is 2.24. The lowest BCUT2D eigenvalue weighted by Gasteiger charge is -2.20. The summed E-state index contributed by atoms with van der Waals surface area (Å²) in [5.41, 5.74) is 0.433. The van der Waals surface area contributed by atoms with Crippen molar-refractivity contribution in [2.45, 2.75) is 75.7 Å². The second-order valence-corrected chi connectivity index (χ2v) is 6.34. The SMILES string of the molecule is C.C.CC(C)(C)CCC(=O)CC(C)(C)C.